The maximum atomic E-state index is 12.1. The molecule has 41 heavy (non-hydrogen) atoms. The zero-order valence-electron chi connectivity index (χ0n) is 27.7. The van der Waals surface area contributed by atoms with Gasteiger partial charge < -0.3 is 14.6 Å². The minimum atomic E-state index is -0.760. The highest BCUT2D eigenvalue weighted by molar-refractivity contribution is 5.70. The van der Waals surface area contributed by atoms with Crippen molar-refractivity contribution in [2.24, 2.45) is 5.92 Å². The van der Waals surface area contributed by atoms with E-state index in [4.69, 9.17) is 9.47 Å². The van der Waals surface area contributed by atoms with E-state index in [1.165, 1.54) is 122 Å². The van der Waals surface area contributed by atoms with Crippen LogP contribution in [-0.4, -0.2) is 36.4 Å². The number of ether oxygens (including phenoxy) is 2. The fourth-order valence-electron chi connectivity index (χ4n) is 5.33. The summed E-state index contributed by atoms with van der Waals surface area (Å²) in [6, 6.07) is 0. The lowest BCUT2D eigenvalue weighted by Gasteiger charge is -2.15. The largest absolute Gasteiger partial charge is 0.462 e. The molecule has 0 aliphatic carbocycles. The fraction of sp³-hybridized carbons (Fsp3) is 0.944. The number of hydrogen-bond donors (Lipinski definition) is 1. The van der Waals surface area contributed by atoms with Gasteiger partial charge in [-0.3, -0.25) is 9.59 Å². The Labute approximate surface area is 255 Å². The molecule has 5 nitrogen and oxygen atoms in total. The van der Waals surface area contributed by atoms with Crippen molar-refractivity contribution in [1.82, 2.24) is 0 Å². The molecule has 0 spiro atoms. The number of carbonyl (C=O) groups is 2. The van der Waals surface area contributed by atoms with Gasteiger partial charge in [-0.15, -0.1) is 0 Å². The number of carbonyl (C=O) groups excluding carboxylic acids is 2. The number of hydrogen-bond acceptors (Lipinski definition) is 5. The van der Waals surface area contributed by atoms with Gasteiger partial charge in [0.1, 0.15) is 6.61 Å². The molecule has 0 aliphatic rings. The van der Waals surface area contributed by atoms with E-state index >= 15 is 0 Å². The summed E-state index contributed by atoms with van der Waals surface area (Å²) >= 11 is 0. The van der Waals surface area contributed by atoms with Gasteiger partial charge in [-0.25, -0.2) is 0 Å². The molecule has 0 unspecified atom stereocenters. The second-order valence-electron chi connectivity index (χ2n) is 12.8. The van der Waals surface area contributed by atoms with Crippen molar-refractivity contribution in [3.63, 3.8) is 0 Å². The summed E-state index contributed by atoms with van der Waals surface area (Å²) < 4.78 is 10.5. The zero-order chi connectivity index (χ0) is 30.2. The lowest BCUT2D eigenvalue weighted by Crippen LogP contribution is -2.28. The molecule has 0 amide bonds. The first kappa shape index (κ1) is 39.9. The minimum Gasteiger partial charge on any atom is -0.462 e. The Hall–Kier alpha value is -1.10. The zero-order valence-corrected chi connectivity index (χ0v) is 27.7. The molecular weight excluding hydrogens is 512 g/mol. The number of aliphatic hydroxyl groups excluding tert-OH is 1. The van der Waals surface area contributed by atoms with Gasteiger partial charge in [0.05, 0.1) is 6.61 Å². The Morgan fingerprint density at radius 2 is 0.902 bits per heavy atom. The lowest BCUT2D eigenvalue weighted by molar-refractivity contribution is -0.161. The molecule has 0 fully saturated rings. The van der Waals surface area contributed by atoms with Crippen LogP contribution in [0.25, 0.3) is 0 Å². The van der Waals surface area contributed by atoms with Crippen LogP contribution in [-0.2, 0) is 19.1 Å². The van der Waals surface area contributed by atoms with Gasteiger partial charge in [0.25, 0.3) is 0 Å². The summed E-state index contributed by atoms with van der Waals surface area (Å²) in [4.78, 5) is 24.1. The van der Waals surface area contributed by atoms with Crippen LogP contribution in [0, 0.1) is 5.92 Å². The molecule has 244 valence electrons. The van der Waals surface area contributed by atoms with Gasteiger partial charge in [-0.05, 0) is 18.8 Å². The topological polar surface area (TPSA) is 72.8 Å². The second kappa shape index (κ2) is 31.8. The number of aliphatic hydroxyl groups is 1. The molecule has 0 saturated carbocycles. The van der Waals surface area contributed by atoms with E-state index < -0.39 is 6.10 Å². The van der Waals surface area contributed by atoms with Crippen molar-refractivity contribution in [3.8, 4) is 0 Å². The van der Waals surface area contributed by atoms with Crippen molar-refractivity contribution in [1.29, 1.82) is 0 Å². The highest BCUT2D eigenvalue weighted by atomic mass is 16.6. The van der Waals surface area contributed by atoms with Crippen LogP contribution < -0.4 is 0 Å². The van der Waals surface area contributed by atoms with E-state index in [2.05, 4.69) is 20.8 Å². The Morgan fingerprint density at radius 1 is 0.537 bits per heavy atom. The molecular formula is C36H70O5. The van der Waals surface area contributed by atoms with Crippen LogP contribution in [0.15, 0.2) is 0 Å². The minimum absolute atomic E-state index is 0.0586. The SMILES string of the molecule is CCCCCCCCCCCC(=O)OC[C@H](CO)OC(=O)CCCCCCCCCCCCCCCCCC(C)C. The van der Waals surface area contributed by atoms with E-state index in [-0.39, 0.29) is 25.2 Å². The Bertz CT molecular complexity index is 562. The summed E-state index contributed by atoms with van der Waals surface area (Å²) in [6.07, 6.45) is 31.6. The number of unbranched alkanes of at least 4 members (excludes halogenated alkanes) is 22. The van der Waals surface area contributed by atoms with E-state index in [0.717, 1.165) is 44.4 Å². The average Bonchev–Trinajstić information content (AvgIpc) is 2.95. The first-order valence-electron chi connectivity index (χ1n) is 18.0. The summed E-state index contributed by atoms with van der Waals surface area (Å²) in [5, 5.41) is 9.50. The molecule has 0 bridgehead atoms. The van der Waals surface area contributed by atoms with Crippen LogP contribution in [0.3, 0.4) is 0 Å². The van der Waals surface area contributed by atoms with Gasteiger partial charge in [0.2, 0.25) is 0 Å². The van der Waals surface area contributed by atoms with Crippen LogP contribution in [0.5, 0.6) is 0 Å². The molecule has 5 heteroatoms. The monoisotopic (exact) mass is 583 g/mol. The van der Waals surface area contributed by atoms with Crippen molar-refractivity contribution >= 4 is 11.9 Å². The van der Waals surface area contributed by atoms with E-state index in [1.54, 1.807) is 0 Å². The van der Waals surface area contributed by atoms with Gasteiger partial charge in [-0.2, -0.15) is 0 Å². The molecule has 0 aromatic heterocycles. The van der Waals surface area contributed by atoms with Gasteiger partial charge in [0, 0.05) is 12.8 Å². The maximum absolute atomic E-state index is 12.1. The predicted molar refractivity (Wildman–Crippen MR) is 173 cm³/mol. The Balaban J connectivity index is 3.49. The average molecular weight is 583 g/mol. The lowest BCUT2D eigenvalue weighted by atomic mass is 10.0. The maximum Gasteiger partial charge on any atom is 0.306 e. The van der Waals surface area contributed by atoms with Crippen LogP contribution in [0.4, 0.5) is 0 Å². The molecule has 0 heterocycles. The number of rotatable bonds is 32. The van der Waals surface area contributed by atoms with Crippen molar-refractivity contribution in [3.05, 3.63) is 0 Å². The third kappa shape index (κ3) is 31.7. The van der Waals surface area contributed by atoms with Crippen molar-refractivity contribution in [2.75, 3.05) is 13.2 Å². The quantitative estimate of drug-likeness (QED) is 0.0631. The molecule has 1 N–H and O–H groups in total. The second-order valence-corrected chi connectivity index (χ2v) is 12.8. The smallest absolute Gasteiger partial charge is 0.306 e. The number of esters is 2. The summed E-state index contributed by atoms with van der Waals surface area (Å²) in [6.45, 7) is 6.48. The first-order chi connectivity index (χ1) is 20.0. The molecule has 0 aromatic rings. The predicted octanol–water partition coefficient (Wildman–Crippen LogP) is 10.6. The summed E-state index contributed by atoms with van der Waals surface area (Å²) in [5.74, 6) is 0.272. The van der Waals surface area contributed by atoms with E-state index in [0.29, 0.717) is 12.8 Å². The molecule has 1 atom stereocenters. The van der Waals surface area contributed by atoms with Crippen LogP contribution in [0.2, 0.25) is 0 Å². The third-order valence-corrected chi connectivity index (χ3v) is 8.08. The fourth-order valence-corrected chi connectivity index (χ4v) is 5.33. The highest BCUT2D eigenvalue weighted by Gasteiger charge is 2.16. The summed E-state index contributed by atoms with van der Waals surface area (Å²) in [7, 11) is 0. The molecule has 0 radical (unpaired) electrons. The van der Waals surface area contributed by atoms with E-state index in [9.17, 15) is 14.7 Å². The third-order valence-electron chi connectivity index (χ3n) is 8.08. The van der Waals surface area contributed by atoms with Crippen molar-refractivity contribution in [2.45, 2.75) is 200 Å². The van der Waals surface area contributed by atoms with Gasteiger partial charge in [-0.1, -0.05) is 168 Å². The first-order valence-corrected chi connectivity index (χ1v) is 18.0. The van der Waals surface area contributed by atoms with Gasteiger partial charge >= 0.3 is 11.9 Å². The normalized spacial score (nSPS) is 12.1. The van der Waals surface area contributed by atoms with Crippen molar-refractivity contribution < 1.29 is 24.2 Å². The highest BCUT2D eigenvalue weighted by Crippen LogP contribution is 2.15. The molecule has 0 saturated heterocycles. The van der Waals surface area contributed by atoms with E-state index in [1.807, 2.05) is 0 Å². The molecule has 0 aromatic carbocycles. The van der Waals surface area contributed by atoms with Gasteiger partial charge in [0.15, 0.2) is 6.10 Å². The van der Waals surface area contributed by atoms with Crippen LogP contribution >= 0.6 is 0 Å². The standard InChI is InChI=1S/C36H70O5/c1-4-5-6-7-8-16-20-23-26-29-35(38)40-32-34(31-37)41-36(39)30-27-24-21-18-15-13-11-9-10-12-14-17-19-22-25-28-33(2)3/h33-34,37H,4-32H2,1-3H3/t34-/m0/s1. The van der Waals surface area contributed by atoms with Crippen LogP contribution in [0.1, 0.15) is 194 Å². The Kier molecular flexibility index (Phi) is 31.0. The molecule has 0 aliphatic heterocycles. The Morgan fingerprint density at radius 3 is 1.29 bits per heavy atom. The molecule has 0 rings (SSSR count). The summed E-state index contributed by atoms with van der Waals surface area (Å²) in [5.41, 5.74) is 0.